The molecule has 0 aliphatic heterocycles. The van der Waals surface area contributed by atoms with Gasteiger partial charge in [0.2, 0.25) is 5.91 Å². The van der Waals surface area contributed by atoms with Gasteiger partial charge in [-0.3, -0.25) is 14.2 Å². The van der Waals surface area contributed by atoms with Gasteiger partial charge in [0, 0.05) is 25.5 Å². The molecule has 0 aliphatic rings. The predicted molar refractivity (Wildman–Crippen MR) is 137 cm³/mol. The van der Waals surface area contributed by atoms with Crippen molar-refractivity contribution >= 4 is 39.9 Å². The third kappa shape index (κ3) is 4.93. The molecule has 168 valence electrons. The highest BCUT2D eigenvalue weighted by Gasteiger charge is 2.16. The zero-order chi connectivity index (χ0) is 23.5. The van der Waals surface area contributed by atoms with E-state index in [4.69, 9.17) is 4.98 Å². The highest BCUT2D eigenvalue weighted by Crippen LogP contribution is 2.24. The van der Waals surface area contributed by atoms with E-state index < -0.39 is 0 Å². The number of nitrogens with one attached hydrogen (secondary N) is 1. The maximum atomic E-state index is 13.4. The van der Waals surface area contributed by atoms with Crippen LogP contribution in [0.4, 0.5) is 11.4 Å². The summed E-state index contributed by atoms with van der Waals surface area (Å²) in [4.78, 5) is 32.8. The highest BCUT2D eigenvalue weighted by atomic mass is 32.2. The molecule has 0 bridgehead atoms. The van der Waals surface area contributed by atoms with Gasteiger partial charge in [0.25, 0.3) is 5.56 Å². The molecule has 0 saturated carbocycles. The number of hydrogen-bond acceptors (Lipinski definition) is 5. The maximum Gasteiger partial charge on any atom is 0.266 e. The fourth-order valence-electron chi connectivity index (χ4n) is 3.65. The largest absolute Gasteiger partial charge is 0.378 e. The van der Waals surface area contributed by atoms with Gasteiger partial charge in [-0.05, 0) is 61.9 Å². The molecule has 0 spiro atoms. The Hall–Kier alpha value is -3.58. The van der Waals surface area contributed by atoms with E-state index >= 15 is 0 Å². The molecule has 0 radical (unpaired) electrons. The molecular formula is C26H26N4O2S. The molecule has 0 atom stereocenters. The van der Waals surface area contributed by atoms with Gasteiger partial charge in [-0.2, -0.15) is 0 Å². The van der Waals surface area contributed by atoms with Crippen LogP contribution in [0.5, 0.6) is 0 Å². The average Bonchev–Trinajstić information content (AvgIpc) is 2.79. The minimum atomic E-state index is -0.160. The van der Waals surface area contributed by atoms with Gasteiger partial charge in [0.15, 0.2) is 5.16 Å². The Kier molecular flexibility index (Phi) is 6.51. The summed E-state index contributed by atoms with van der Waals surface area (Å²) in [6.45, 7) is 3.99. The molecule has 0 fully saturated rings. The Balaban J connectivity index is 1.64. The van der Waals surface area contributed by atoms with Gasteiger partial charge in [-0.1, -0.05) is 41.6 Å². The Morgan fingerprint density at radius 1 is 1.03 bits per heavy atom. The molecule has 0 saturated heterocycles. The number of hydrogen-bond donors (Lipinski definition) is 1. The number of aromatic nitrogens is 2. The number of thioether (sulfide) groups is 1. The van der Waals surface area contributed by atoms with Crippen LogP contribution in [-0.2, 0) is 4.79 Å². The van der Waals surface area contributed by atoms with Crippen LogP contribution in [0.15, 0.2) is 76.7 Å². The minimum Gasteiger partial charge on any atom is -0.378 e. The lowest BCUT2D eigenvalue weighted by molar-refractivity contribution is -0.113. The molecule has 6 nitrogen and oxygen atoms in total. The second-order valence-electron chi connectivity index (χ2n) is 8.12. The lowest BCUT2D eigenvalue weighted by Gasteiger charge is -2.16. The Labute approximate surface area is 197 Å². The number of anilines is 2. The number of rotatable bonds is 6. The smallest absolute Gasteiger partial charge is 0.266 e. The molecule has 0 unspecified atom stereocenters. The van der Waals surface area contributed by atoms with Crippen LogP contribution in [0.1, 0.15) is 11.1 Å². The van der Waals surface area contributed by atoms with E-state index in [2.05, 4.69) is 5.32 Å². The van der Waals surface area contributed by atoms with E-state index in [1.807, 2.05) is 93.5 Å². The summed E-state index contributed by atoms with van der Waals surface area (Å²) in [6.07, 6.45) is 0. The van der Waals surface area contributed by atoms with Crippen molar-refractivity contribution in [3.8, 4) is 5.69 Å². The van der Waals surface area contributed by atoms with Crippen molar-refractivity contribution < 1.29 is 4.79 Å². The van der Waals surface area contributed by atoms with Gasteiger partial charge in [0.1, 0.15) is 0 Å². The van der Waals surface area contributed by atoms with Crippen LogP contribution in [0.25, 0.3) is 16.6 Å². The number of fused-ring (bicyclic) bond motifs is 1. The number of carbonyl (C=O) groups is 1. The molecule has 3 aromatic carbocycles. The van der Waals surface area contributed by atoms with Crippen molar-refractivity contribution in [2.24, 2.45) is 0 Å². The van der Waals surface area contributed by atoms with Crippen LogP contribution in [0, 0.1) is 13.8 Å². The number of nitrogens with zero attached hydrogens (tertiary/aromatic N) is 3. The number of aryl methyl sites for hydroxylation is 2. The van der Waals surface area contributed by atoms with Crippen LogP contribution in [-0.4, -0.2) is 35.3 Å². The number of carbonyl (C=O) groups excluding carboxylic acids is 1. The molecular weight excluding hydrogens is 432 g/mol. The van der Waals surface area contributed by atoms with Gasteiger partial charge in [-0.25, -0.2) is 4.98 Å². The molecule has 1 amide bonds. The average molecular weight is 459 g/mol. The molecule has 1 heterocycles. The predicted octanol–water partition coefficient (Wildman–Crippen LogP) is 4.80. The molecule has 7 heteroatoms. The van der Waals surface area contributed by atoms with Crippen LogP contribution in [0.2, 0.25) is 0 Å². The zero-order valence-electron chi connectivity index (χ0n) is 19.1. The summed E-state index contributed by atoms with van der Waals surface area (Å²) in [6, 6.07) is 20.9. The summed E-state index contributed by atoms with van der Waals surface area (Å²) < 4.78 is 1.61. The molecule has 4 rings (SSSR count). The summed E-state index contributed by atoms with van der Waals surface area (Å²) in [5, 5.41) is 3.95. The Bertz CT molecular complexity index is 1380. The van der Waals surface area contributed by atoms with Crippen molar-refractivity contribution in [2.75, 3.05) is 30.1 Å². The van der Waals surface area contributed by atoms with Crippen molar-refractivity contribution in [2.45, 2.75) is 19.0 Å². The zero-order valence-corrected chi connectivity index (χ0v) is 19.9. The lowest BCUT2D eigenvalue weighted by Crippen LogP contribution is -2.23. The summed E-state index contributed by atoms with van der Waals surface area (Å²) in [5.74, 6) is -0.0299. The van der Waals surface area contributed by atoms with Gasteiger partial charge in [0.05, 0.1) is 22.3 Å². The first-order chi connectivity index (χ1) is 15.8. The van der Waals surface area contributed by atoms with Gasteiger partial charge in [-0.15, -0.1) is 0 Å². The summed E-state index contributed by atoms with van der Waals surface area (Å²) in [5.41, 5.74) is 5.12. The number of para-hydroxylation sites is 1. The number of amides is 1. The molecule has 1 aromatic heterocycles. The fraction of sp³-hybridized carbons (Fsp3) is 0.192. The van der Waals surface area contributed by atoms with Crippen molar-refractivity contribution in [1.82, 2.24) is 9.55 Å². The third-order valence-corrected chi connectivity index (χ3v) is 6.28. The van der Waals surface area contributed by atoms with E-state index in [1.165, 1.54) is 11.8 Å². The van der Waals surface area contributed by atoms with Crippen molar-refractivity contribution in [1.29, 1.82) is 0 Å². The Morgan fingerprint density at radius 3 is 2.45 bits per heavy atom. The minimum absolute atomic E-state index is 0.130. The monoisotopic (exact) mass is 458 g/mol. The highest BCUT2D eigenvalue weighted by molar-refractivity contribution is 7.99. The van der Waals surface area contributed by atoms with E-state index in [1.54, 1.807) is 10.6 Å². The first-order valence-electron chi connectivity index (χ1n) is 10.6. The molecule has 33 heavy (non-hydrogen) atoms. The quantitative estimate of drug-likeness (QED) is 0.332. The summed E-state index contributed by atoms with van der Waals surface area (Å²) >= 11 is 1.25. The van der Waals surface area contributed by atoms with Crippen LogP contribution in [0.3, 0.4) is 0 Å². The van der Waals surface area contributed by atoms with Gasteiger partial charge >= 0.3 is 0 Å². The number of benzene rings is 3. The van der Waals surface area contributed by atoms with E-state index in [-0.39, 0.29) is 17.2 Å². The van der Waals surface area contributed by atoms with Crippen molar-refractivity contribution in [3.05, 3.63) is 88.2 Å². The van der Waals surface area contributed by atoms with Crippen LogP contribution >= 0.6 is 11.8 Å². The van der Waals surface area contributed by atoms with Crippen molar-refractivity contribution in [3.63, 3.8) is 0 Å². The Morgan fingerprint density at radius 2 is 1.76 bits per heavy atom. The molecule has 4 aromatic rings. The normalized spacial score (nSPS) is 10.9. The maximum absolute atomic E-state index is 13.4. The molecule has 1 N–H and O–H groups in total. The third-order valence-electron chi connectivity index (χ3n) is 5.34. The van der Waals surface area contributed by atoms with E-state index in [0.717, 1.165) is 28.2 Å². The SMILES string of the molecule is Cc1ccc(-n2c(SCC(=O)Nc3ccc(N(C)C)cc3)nc3ccccc3c2=O)c(C)c1. The second kappa shape index (κ2) is 9.50. The lowest BCUT2D eigenvalue weighted by atomic mass is 10.1. The first kappa shape index (κ1) is 22.6. The molecule has 0 aliphatic carbocycles. The topological polar surface area (TPSA) is 67.2 Å². The fourth-order valence-corrected chi connectivity index (χ4v) is 4.45. The van der Waals surface area contributed by atoms with E-state index in [9.17, 15) is 9.59 Å². The first-order valence-corrected chi connectivity index (χ1v) is 11.6. The second-order valence-corrected chi connectivity index (χ2v) is 9.06. The van der Waals surface area contributed by atoms with Crippen LogP contribution < -0.4 is 15.8 Å². The van der Waals surface area contributed by atoms with Gasteiger partial charge < -0.3 is 10.2 Å². The van der Waals surface area contributed by atoms with E-state index in [0.29, 0.717) is 16.1 Å². The standard InChI is InChI=1S/C26H26N4O2S/c1-17-9-14-23(18(2)15-17)30-25(32)21-7-5-6-8-22(21)28-26(30)33-16-24(31)27-19-10-12-20(13-11-19)29(3)4/h5-15H,16H2,1-4H3,(H,27,31). The summed E-state index contributed by atoms with van der Waals surface area (Å²) in [7, 11) is 3.94.